The molecule has 9 heteroatoms. The third-order valence-corrected chi connectivity index (χ3v) is 4.76. The van der Waals surface area contributed by atoms with Crippen LogP contribution in [0, 0.1) is 11.8 Å². The molecule has 0 aliphatic rings. The number of rotatable bonds is 9. The number of alkyl halides is 1. The molecule has 2 N–H and O–H groups in total. The lowest BCUT2D eigenvalue weighted by Gasteiger charge is -2.20. The first-order valence-corrected chi connectivity index (χ1v) is 9.39. The molecule has 0 saturated carbocycles. The Morgan fingerprint density at radius 2 is 2.19 bits per heavy atom. The molecule has 1 atom stereocenters. The number of fused-ring (bicyclic) bond motifs is 1. The zero-order valence-electron chi connectivity index (χ0n) is 15.3. The minimum absolute atomic E-state index is 0.193. The second-order valence-corrected chi connectivity index (χ2v) is 7.25. The fourth-order valence-electron chi connectivity index (χ4n) is 2.99. The number of aliphatic carboxylic acids is 1. The van der Waals surface area contributed by atoms with E-state index in [2.05, 4.69) is 38.8 Å². The van der Waals surface area contributed by atoms with Gasteiger partial charge in [0.2, 0.25) is 5.95 Å². The summed E-state index contributed by atoms with van der Waals surface area (Å²) in [7, 11) is 0. The Morgan fingerprint density at radius 1 is 1.37 bits per heavy atom. The predicted molar refractivity (Wildman–Crippen MR) is 104 cm³/mol. The van der Waals surface area contributed by atoms with Gasteiger partial charge in [0, 0.05) is 36.4 Å². The van der Waals surface area contributed by atoms with Gasteiger partial charge in [-0.05, 0) is 24.3 Å². The van der Waals surface area contributed by atoms with E-state index in [4.69, 9.17) is 16.7 Å². The second-order valence-electron chi connectivity index (χ2n) is 6.87. The molecule has 0 radical (unpaired) electrons. The van der Waals surface area contributed by atoms with Crippen molar-refractivity contribution in [2.45, 2.75) is 33.4 Å². The van der Waals surface area contributed by atoms with Gasteiger partial charge in [-0.25, -0.2) is 4.98 Å². The summed E-state index contributed by atoms with van der Waals surface area (Å²) in [6, 6.07) is 2.00. The maximum atomic E-state index is 10.8. The number of nitrogens with zero attached hydrogens (tertiary/aromatic N) is 5. The highest BCUT2D eigenvalue weighted by atomic mass is 35.5. The van der Waals surface area contributed by atoms with Gasteiger partial charge in [0.15, 0.2) is 0 Å². The van der Waals surface area contributed by atoms with Crippen molar-refractivity contribution < 1.29 is 9.90 Å². The topological polar surface area (TPSA) is 97.9 Å². The number of anilines is 2. The molecule has 27 heavy (non-hydrogen) atoms. The van der Waals surface area contributed by atoms with Crippen molar-refractivity contribution in [3.05, 3.63) is 30.9 Å². The third kappa shape index (κ3) is 4.77. The SMILES string of the molecule is CC(C)C(CCCl)Cn1ccc2cnc(Nc3cnn(CC(=O)O)c3)nc21. The van der Waals surface area contributed by atoms with Crippen LogP contribution in [0.25, 0.3) is 11.0 Å². The molecular weight excluding hydrogens is 368 g/mol. The lowest BCUT2D eigenvalue weighted by atomic mass is 9.93. The molecule has 0 aliphatic carbocycles. The average Bonchev–Trinajstić information content (AvgIpc) is 3.21. The lowest BCUT2D eigenvalue weighted by Crippen LogP contribution is -2.17. The zero-order chi connectivity index (χ0) is 19.4. The van der Waals surface area contributed by atoms with Gasteiger partial charge in [-0.3, -0.25) is 9.48 Å². The molecule has 0 bridgehead atoms. The number of carboxylic acid groups (broad SMARTS) is 1. The quantitative estimate of drug-likeness (QED) is 0.543. The first kappa shape index (κ1) is 19.2. The van der Waals surface area contributed by atoms with Gasteiger partial charge in [0.25, 0.3) is 0 Å². The molecule has 3 aromatic heterocycles. The van der Waals surface area contributed by atoms with Crippen LogP contribution < -0.4 is 5.32 Å². The highest BCUT2D eigenvalue weighted by molar-refractivity contribution is 6.17. The van der Waals surface area contributed by atoms with Gasteiger partial charge in [-0.2, -0.15) is 10.1 Å². The van der Waals surface area contributed by atoms with E-state index in [1.165, 1.54) is 4.68 Å². The zero-order valence-corrected chi connectivity index (χ0v) is 16.1. The van der Waals surface area contributed by atoms with Gasteiger partial charge in [0.05, 0.1) is 11.9 Å². The molecule has 0 fully saturated rings. The van der Waals surface area contributed by atoms with Crippen LogP contribution in [0.15, 0.2) is 30.9 Å². The van der Waals surface area contributed by atoms with E-state index >= 15 is 0 Å². The Kier molecular flexibility index (Phi) is 5.95. The highest BCUT2D eigenvalue weighted by Crippen LogP contribution is 2.23. The predicted octanol–water partition coefficient (Wildman–Crippen LogP) is 3.36. The maximum absolute atomic E-state index is 10.8. The van der Waals surface area contributed by atoms with Crippen molar-refractivity contribution in [1.82, 2.24) is 24.3 Å². The van der Waals surface area contributed by atoms with E-state index < -0.39 is 5.97 Å². The van der Waals surface area contributed by atoms with Crippen LogP contribution in [0.3, 0.4) is 0 Å². The van der Waals surface area contributed by atoms with Crippen molar-refractivity contribution >= 4 is 40.2 Å². The Bertz CT molecular complexity index is 920. The largest absolute Gasteiger partial charge is 0.480 e. The van der Waals surface area contributed by atoms with Gasteiger partial charge in [-0.15, -0.1) is 11.6 Å². The molecule has 0 aromatic carbocycles. The monoisotopic (exact) mass is 390 g/mol. The van der Waals surface area contributed by atoms with Crippen molar-refractivity contribution in [2.24, 2.45) is 11.8 Å². The van der Waals surface area contributed by atoms with E-state index in [0.29, 0.717) is 29.4 Å². The van der Waals surface area contributed by atoms with Gasteiger partial charge >= 0.3 is 5.97 Å². The fraction of sp³-hybridized carbons (Fsp3) is 0.444. The molecule has 1 unspecified atom stereocenters. The van der Waals surface area contributed by atoms with E-state index in [9.17, 15) is 4.79 Å². The molecule has 0 amide bonds. The lowest BCUT2D eigenvalue weighted by molar-refractivity contribution is -0.137. The number of hydrogen-bond donors (Lipinski definition) is 2. The van der Waals surface area contributed by atoms with E-state index in [1.54, 1.807) is 18.6 Å². The minimum atomic E-state index is -0.947. The van der Waals surface area contributed by atoms with E-state index in [-0.39, 0.29) is 6.54 Å². The van der Waals surface area contributed by atoms with Crippen LogP contribution in [0.2, 0.25) is 0 Å². The fourth-order valence-corrected chi connectivity index (χ4v) is 3.27. The van der Waals surface area contributed by atoms with E-state index in [0.717, 1.165) is 24.0 Å². The first-order valence-electron chi connectivity index (χ1n) is 8.85. The molecule has 8 nitrogen and oxygen atoms in total. The summed E-state index contributed by atoms with van der Waals surface area (Å²) in [5, 5.41) is 16.9. The van der Waals surface area contributed by atoms with Crippen molar-refractivity contribution in [2.75, 3.05) is 11.2 Å². The Balaban J connectivity index is 1.80. The molecule has 144 valence electrons. The van der Waals surface area contributed by atoms with Crippen LogP contribution in [0.1, 0.15) is 20.3 Å². The summed E-state index contributed by atoms with van der Waals surface area (Å²) in [5.74, 6) is 1.14. The van der Waals surface area contributed by atoms with Crippen molar-refractivity contribution in [3.63, 3.8) is 0 Å². The average molecular weight is 391 g/mol. The summed E-state index contributed by atoms with van der Waals surface area (Å²) < 4.78 is 3.47. The summed E-state index contributed by atoms with van der Waals surface area (Å²) >= 11 is 5.96. The number of carboxylic acids is 1. The summed E-state index contributed by atoms with van der Waals surface area (Å²) in [4.78, 5) is 19.7. The number of carbonyl (C=O) groups is 1. The summed E-state index contributed by atoms with van der Waals surface area (Å²) in [5.41, 5.74) is 1.49. The number of nitrogens with one attached hydrogen (secondary N) is 1. The second kappa shape index (κ2) is 8.39. The Morgan fingerprint density at radius 3 is 2.89 bits per heavy atom. The summed E-state index contributed by atoms with van der Waals surface area (Å²) in [6.45, 7) is 5.07. The molecule has 3 rings (SSSR count). The smallest absolute Gasteiger partial charge is 0.325 e. The molecule has 0 saturated heterocycles. The number of hydrogen-bond acceptors (Lipinski definition) is 5. The third-order valence-electron chi connectivity index (χ3n) is 4.54. The van der Waals surface area contributed by atoms with Gasteiger partial charge in [-0.1, -0.05) is 13.8 Å². The van der Waals surface area contributed by atoms with Crippen LogP contribution in [-0.4, -0.2) is 41.3 Å². The minimum Gasteiger partial charge on any atom is -0.480 e. The van der Waals surface area contributed by atoms with Crippen molar-refractivity contribution in [1.29, 1.82) is 0 Å². The standard InChI is InChI=1S/C18H23ClN6O2/c1-12(2)14(3-5-19)9-24-6-4-13-7-20-18(23-17(13)24)22-15-8-21-25(10-15)11-16(26)27/h4,6-8,10,12,14H,3,5,9,11H2,1-2H3,(H,26,27)(H,20,22,23). The Hall–Kier alpha value is -2.61. The molecular formula is C18H23ClN6O2. The first-order chi connectivity index (χ1) is 13.0. The Labute approximate surface area is 162 Å². The van der Waals surface area contributed by atoms with Crippen molar-refractivity contribution in [3.8, 4) is 0 Å². The van der Waals surface area contributed by atoms with Gasteiger partial charge in [0.1, 0.15) is 12.2 Å². The van der Waals surface area contributed by atoms with Crippen LogP contribution in [0.4, 0.5) is 11.6 Å². The van der Waals surface area contributed by atoms with E-state index in [1.807, 2.05) is 12.3 Å². The highest BCUT2D eigenvalue weighted by Gasteiger charge is 2.15. The number of halogens is 1. The van der Waals surface area contributed by atoms with Gasteiger partial charge < -0.3 is 15.0 Å². The normalized spacial score (nSPS) is 12.6. The molecule has 0 aliphatic heterocycles. The molecule has 3 aromatic rings. The van der Waals surface area contributed by atoms with Crippen LogP contribution >= 0.6 is 11.6 Å². The number of aromatic nitrogens is 5. The summed E-state index contributed by atoms with van der Waals surface area (Å²) in [6.07, 6.45) is 7.91. The molecule has 0 spiro atoms. The molecule has 3 heterocycles. The maximum Gasteiger partial charge on any atom is 0.325 e. The van der Waals surface area contributed by atoms with Crippen LogP contribution in [-0.2, 0) is 17.9 Å². The van der Waals surface area contributed by atoms with Crippen LogP contribution in [0.5, 0.6) is 0 Å².